The normalized spacial score (nSPS) is 11.8. The average Bonchev–Trinajstić information content (AvgIpc) is 2.09. The molecule has 0 saturated carbocycles. The average molecular weight is 182 g/mol. The summed E-state index contributed by atoms with van der Waals surface area (Å²) in [4.78, 5) is 7.80. The highest BCUT2D eigenvalue weighted by atomic mass is 35.5. The van der Waals surface area contributed by atoms with Crippen molar-refractivity contribution in [3.05, 3.63) is 17.5 Å². The molecule has 1 aromatic heterocycles. The number of halogens is 1. The maximum atomic E-state index is 5.54. The van der Waals surface area contributed by atoms with Crippen molar-refractivity contribution in [3.63, 3.8) is 0 Å². The van der Waals surface area contributed by atoms with Crippen LogP contribution in [0.3, 0.4) is 0 Å². The Labute approximate surface area is 76.2 Å². The largest absolute Gasteiger partial charge is 0.355 e. The van der Waals surface area contributed by atoms with Gasteiger partial charge in [-0.25, -0.2) is 9.97 Å². The minimum Gasteiger partial charge on any atom is -0.355 e. The van der Waals surface area contributed by atoms with Gasteiger partial charge in [-0.05, 0) is 6.92 Å². The Bertz CT molecular complexity index is 288. The fraction of sp³-hybridized carbons (Fsp3) is 0.250. The van der Waals surface area contributed by atoms with Crippen LogP contribution in [0.5, 0.6) is 0 Å². The molecule has 0 saturated heterocycles. The lowest BCUT2D eigenvalue weighted by molar-refractivity contribution is 1.00. The summed E-state index contributed by atoms with van der Waals surface area (Å²) < 4.78 is 0. The van der Waals surface area contributed by atoms with Crippen LogP contribution < -0.4 is 5.32 Å². The number of hydrogen-bond acceptors (Lipinski definition) is 3. The van der Waals surface area contributed by atoms with Gasteiger partial charge in [-0.3, -0.25) is 0 Å². The molecule has 12 heavy (non-hydrogen) atoms. The van der Waals surface area contributed by atoms with Gasteiger partial charge >= 0.3 is 0 Å². The van der Waals surface area contributed by atoms with E-state index in [1.807, 2.05) is 6.92 Å². The van der Waals surface area contributed by atoms with E-state index in [1.165, 1.54) is 12.4 Å². The van der Waals surface area contributed by atoms with Gasteiger partial charge in [0.05, 0.1) is 18.4 Å². The summed E-state index contributed by atoms with van der Waals surface area (Å²) in [5, 5.41) is 3.32. The van der Waals surface area contributed by atoms with E-state index in [1.54, 1.807) is 0 Å². The molecule has 0 aliphatic rings. The quantitative estimate of drug-likeness (QED) is 0.704. The molecule has 0 aliphatic heterocycles. The summed E-state index contributed by atoms with van der Waals surface area (Å²) in [6, 6.07) is -0.0551. The molecule has 1 rings (SSSR count). The molecule has 0 bridgehead atoms. The van der Waals surface area contributed by atoms with Crippen molar-refractivity contribution >= 4 is 17.4 Å². The summed E-state index contributed by atoms with van der Waals surface area (Å²) in [6.07, 6.45) is 8.17. The lowest BCUT2D eigenvalue weighted by Crippen LogP contribution is -2.13. The summed E-state index contributed by atoms with van der Waals surface area (Å²) in [7, 11) is 0. The van der Waals surface area contributed by atoms with Crippen LogP contribution in [0.2, 0.25) is 5.15 Å². The molecule has 1 aromatic rings. The lowest BCUT2D eigenvalue weighted by Gasteiger charge is -2.06. The molecule has 1 N–H and O–H groups in total. The first-order valence-corrected chi connectivity index (χ1v) is 3.80. The second kappa shape index (κ2) is 3.93. The van der Waals surface area contributed by atoms with Crippen molar-refractivity contribution < 1.29 is 0 Å². The first-order valence-electron chi connectivity index (χ1n) is 3.42. The van der Waals surface area contributed by atoms with Crippen LogP contribution in [0, 0.1) is 12.3 Å². The zero-order valence-electron chi connectivity index (χ0n) is 6.58. The number of hydrogen-bond donors (Lipinski definition) is 1. The third kappa shape index (κ3) is 2.40. The van der Waals surface area contributed by atoms with Gasteiger partial charge in [0.15, 0.2) is 0 Å². The van der Waals surface area contributed by atoms with Crippen molar-refractivity contribution in [2.24, 2.45) is 0 Å². The molecule has 1 unspecified atom stereocenters. The molecule has 0 fully saturated rings. The minimum atomic E-state index is -0.0551. The minimum absolute atomic E-state index is 0.0551. The van der Waals surface area contributed by atoms with Crippen LogP contribution in [0.25, 0.3) is 0 Å². The Morgan fingerprint density at radius 3 is 2.83 bits per heavy atom. The van der Waals surface area contributed by atoms with Crippen molar-refractivity contribution in [1.29, 1.82) is 0 Å². The van der Waals surface area contributed by atoms with Gasteiger partial charge in [0, 0.05) is 0 Å². The van der Waals surface area contributed by atoms with Crippen LogP contribution in [-0.4, -0.2) is 16.0 Å². The topological polar surface area (TPSA) is 37.8 Å². The molecule has 4 heteroatoms. The van der Waals surface area contributed by atoms with Crippen molar-refractivity contribution in [2.75, 3.05) is 5.32 Å². The molecule has 1 heterocycles. The van der Waals surface area contributed by atoms with Crippen molar-refractivity contribution in [3.8, 4) is 12.3 Å². The maximum absolute atomic E-state index is 5.54. The Balaban J connectivity index is 2.66. The van der Waals surface area contributed by atoms with Crippen molar-refractivity contribution in [2.45, 2.75) is 13.0 Å². The molecule has 0 amide bonds. The highest BCUT2D eigenvalue weighted by molar-refractivity contribution is 6.29. The van der Waals surface area contributed by atoms with Gasteiger partial charge in [0.1, 0.15) is 11.0 Å². The van der Waals surface area contributed by atoms with E-state index < -0.39 is 0 Å². The van der Waals surface area contributed by atoms with E-state index in [4.69, 9.17) is 18.0 Å². The SMILES string of the molecule is C#CC(C)Nc1cnc(Cl)cn1. The van der Waals surface area contributed by atoms with Gasteiger partial charge in [-0.2, -0.15) is 0 Å². The smallest absolute Gasteiger partial charge is 0.147 e. The van der Waals surface area contributed by atoms with Crippen LogP contribution in [0.15, 0.2) is 12.4 Å². The number of nitrogens with zero attached hydrogens (tertiary/aromatic N) is 2. The highest BCUT2D eigenvalue weighted by Crippen LogP contribution is 2.05. The second-order valence-electron chi connectivity index (χ2n) is 2.26. The van der Waals surface area contributed by atoms with Gasteiger partial charge in [-0.1, -0.05) is 17.5 Å². The predicted molar refractivity (Wildman–Crippen MR) is 49.0 cm³/mol. The van der Waals surface area contributed by atoms with E-state index in [9.17, 15) is 0 Å². The molecular formula is C8H8ClN3. The molecule has 1 atom stereocenters. The van der Waals surface area contributed by atoms with Crippen LogP contribution in [0.4, 0.5) is 5.82 Å². The van der Waals surface area contributed by atoms with E-state index in [-0.39, 0.29) is 6.04 Å². The Morgan fingerprint density at radius 1 is 1.58 bits per heavy atom. The van der Waals surface area contributed by atoms with Gasteiger partial charge < -0.3 is 5.32 Å². The summed E-state index contributed by atoms with van der Waals surface area (Å²) >= 11 is 5.54. The van der Waals surface area contributed by atoms with Gasteiger partial charge in [-0.15, -0.1) is 6.42 Å². The molecule has 0 spiro atoms. The van der Waals surface area contributed by atoms with Gasteiger partial charge in [0.2, 0.25) is 0 Å². The van der Waals surface area contributed by atoms with E-state index in [0.717, 1.165) is 0 Å². The zero-order valence-corrected chi connectivity index (χ0v) is 7.34. The van der Waals surface area contributed by atoms with E-state index >= 15 is 0 Å². The highest BCUT2D eigenvalue weighted by Gasteiger charge is 1.97. The molecule has 0 aromatic carbocycles. The summed E-state index contributed by atoms with van der Waals surface area (Å²) in [5.74, 6) is 3.15. The molecule has 3 nitrogen and oxygen atoms in total. The first kappa shape index (κ1) is 8.82. The number of anilines is 1. The molecule has 0 radical (unpaired) electrons. The molecular weight excluding hydrogens is 174 g/mol. The number of terminal acetylenes is 1. The zero-order chi connectivity index (χ0) is 8.97. The van der Waals surface area contributed by atoms with Crippen LogP contribution >= 0.6 is 11.6 Å². The third-order valence-electron chi connectivity index (χ3n) is 1.23. The van der Waals surface area contributed by atoms with Gasteiger partial charge in [0.25, 0.3) is 0 Å². The maximum Gasteiger partial charge on any atom is 0.147 e. The molecule has 62 valence electrons. The molecule has 0 aliphatic carbocycles. The van der Waals surface area contributed by atoms with E-state index in [2.05, 4.69) is 21.2 Å². The second-order valence-corrected chi connectivity index (χ2v) is 2.64. The number of rotatable bonds is 2. The van der Waals surface area contributed by atoms with Crippen molar-refractivity contribution in [1.82, 2.24) is 9.97 Å². The standard InChI is InChI=1S/C8H8ClN3/c1-3-6(2)12-8-5-10-7(9)4-11-8/h1,4-6H,2H3,(H,11,12). The summed E-state index contributed by atoms with van der Waals surface area (Å²) in [6.45, 7) is 1.86. The fourth-order valence-corrected chi connectivity index (χ4v) is 0.748. The Morgan fingerprint density at radius 2 is 2.33 bits per heavy atom. The fourth-order valence-electron chi connectivity index (χ4n) is 0.650. The number of nitrogens with one attached hydrogen (secondary N) is 1. The Kier molecular flexibility index (Phi) is 2.89. The number of aromatic nitrogens is 2. The monoisotopic (exact) mass is 181 g/mol. The predicted octanol–water partition coefficient (Wildman–Crippen LogP) is 1.56. The first-order chi connectivity index (χ1) is 5.72. The third-order valence-corrected chi connectivity index (χ3v) is 1.43. The Hall–Kier alpha value is -1.27. The van der Waals surface area contributed by atoms with E-state index in [0.29, 0.717) is 11.0 Å². The van der Waals surface area contributed by atoms with Crippen LogP contribution in [-0.2, 0) is 0 Å². The summed E-state index contributed by atoms with van der Waals surface area (Å²) in [5.41, 5.74) is 0. The lowest BCUT2D eigenvalue weighted by atomic mass is 10.3. The van der Waals surface area contributed by atoms with Crippen LogP contribution in [0.1, 0.15) is 6.92 Å².